The van der Waals surface area contributed by atoms with Crippen molar-refractivity contribution >= 4 is 0 Å². The number of hydrogen-bond acceptors (Lipinski definition) is 2. The lowest BCUT2D eigenvalue weighted by Crippen LogP contribution is -2.50. The summed E-state index contributed by atoms with van der Waals surface area (Å²) in [4.78, 5) is 0. The van der Waals surface area contributed by atoms with E-state index in [0.29, 0.717) is 17.6 Å². The topological polar surface area (TPSA) is 18.5 Å². The molecule has 1 fully saturated rings. The zero-order chi connectivity index (χ0) is 14.8. The lowest BCUT2D eigenvalue weighted by Gasteiger charge is -2.58. The Labute approximate surface area is 124 Å². The molecule has 0 radical (unpaired) electrons. The zero-order valence-corrected chi connectivity index (χ0v) is 14.0. The molecule has 116 valence electrons. The molecular weight excluding hydrogens is 248 g/mol. The van der Waals surface area contributed by atoms with Crippen LogP contribution in [0.15, 0.2) is 11.6 Å². The van der Waals surface area contributed by atoms with Crippen LogP contribution in [0.25, 0.3) is 0 Å². The molecule has 0 saturated heterocycles. The number of fused-ring (bicyclic) bond motifs is 1. The Kier molecular flexibility index (Phi) is 4.96. The fourth-order valence-electron chi connectivity index (χ4n) is 4.77. The van der Waals surface area contributed by atoms with Crippen LogP contribution in [0.2, 0.25) is 0 Å². The number of hydrogen-bond donors (Lipinski definition) is 0. The Morgan fingerprint density at radius 1 is 1.30 bits per heavy atom. The van der Waals surface area contributed by atoms with Crippen LogP contribution < -0.4 is 0 Å². The first kappa shape index (κ1) is 16.0. The van der Waals surface area contributed by atoms with Gasteiger partial charge in [-0.15, -0.1) is 0 Å². The van der Waals surface area contributed by atoms with Gasteiger partial charge in [0.2, 0.25) is 0 Å². The van der Waals surface area contributed by atoms with Crippen molar-refractivity contribution in [2.24, 2.45) is 22.7 Å². The van der Waals surface area contributed by atoms with Gasteiger partial charge < -0.3 is 9.47 Å². The van der Waals surface area contributed by atoms with Crippen molar-refractivity contribution in [3.05, 3.63) is 11.6 Å². The molecule has 0 unspecified atom stereocenters. The molecule has 0 spiro atoms. The van der Waals surface area contributed by atoms with Gasteiger partial charge in [-0.05, 0) is 61.7 Å². The predicted molar refractivity (Wildman–Crippen MR) is 83.5 cm³/mol. The lowest BCUT2D eigenvalue weighted by atomic mass is 9.47. The van der Waals surface area contributed by atoms with Crippen molar-refractivity contribution in [2.45, 2.75) is 59.8 Å². The van der Waals surface area contributed by atoms with Gasteiger partial charge in [-0.3, -0.25) is 0 Å². The largest absolute Gasteiger partial charge is 0.359 e. The van der Waals surface area contributed by atoms with Gasteiger partial charge in [-0.25, -0.2) is 0 Å². The smallest absolute Gasteiger partial charge is 0.146 e. The third kappa shape index (κ3) is 2.69. The minimum Gasteiger partial charge on any atom is -0.359 e. The van der Waals surface area contributed by atoms with Crippen molar-refractivity contribution in [2.75, 3.05) is 20.5 Å². The number of methoxy groups -OCH3 is 1. The molecule has 0 amide bonds. The lowest BCUT2D eigenvalue weighted by molar-refractivity contribution is -0.0840. The van der Waals surface area contributed by atoms with E-state index in [1.165, 1.54) is 25.7 Å². The average molecular weight is 280 g/mol. The fraction of sp³-hybridized carbons (Fsp3) is 0.889. The highest BCUT2D eigenvalue weighted by molar-refractivity contribution is 5.20. The van der Waals surface area contributed by atoms with Gasteiger partial charge in [0.05, 0.1) is 0 Å². The standard InChI is InChI=1S/C18H32O2/c1-14-7-6-8-16-17(14,3)10-9-15(2)18(16,4)11-12-20-13-19-5/h7,15-16H,6,8-13H2,1-5H3/t15-,16+,17-,18+/m0/s1. The zero-order valence-electron chi connectivity index (χ0n) is 14.0. The quantitative estimate of drug-likeness (QED) is 0.409. The summed E-state index contributed by atoms with van der Waals surface area (Å²) in [5, 5.41) is 0. The van der Waals surface area contributed by atoms with E-state index < -0.39 is 0 Å². The molecule has 0 bridgehead atoms. The summed E-state index contributed by atoms with van der Waals surface area (Å²) in [5.41, 5.74) is 2.45. The molecule has 2 aliphatic carbocycles. The fourth-order valence-corrected chi connectivity index (χ4v) is 4.77. The highest BCUT2D eigenvalue weighted by Crippen LogP contribution is 2.61. The van der Waals surface area contributed by atoms with Crippen LogP contribution in [-0.2, 0) is 9.47 Å². The molecule has 20 heavy (non-hydrogen) atoms. The van der Waals surface area contributed by atoms with Crippen molar-refractivity contribution in [1.29, 1.82) is 0 Å². The number of rotatable bonds is 5. The second-order valence-corrected chi connectivity index (χ2v) is 7.44. The third-order valence-corrected chi connectivity index (χ3v) is 6.58. The molecule has 0 aromatic rings. The monoisotopic (exact) mass is 280 g/mol. The molecule has 2 rings (SSSR count). The van der Waals surface area contributed by atoms with Gasteiger partial charge in [0, 0.05) is 13.7 Å². The van der Waals surface area contributed by atoms with Crippen LogP contribution in [-0.4, -0.2) is 20.5 Å². The Morgan fingerprint density at radius 2 is 2.05 bits per heavy atom. The number of allylic oxidation sites excluding steroid dienone is 2. The maximum atomic E-state index is 5.60. The van der Waals surface area contributed by atoms with Crippen LogP contribution in [0.5, 0.6) is 0 Å². The number of ether oxygens (including phenoxy) is 2. The normalized spacial score (nSPS) is 41.1. The molecule has 2 aliphatic rings. The summed E-state index contributed by atoms with van der Waals surface area (Å²) >= 11 is 0. The van der Waals surface area contributed by atoms with E-state index in [1.54, 1.807) is 12.7 Å². The summed E-state index contributed by atoms with van der Waals surface area (Å²) in [6, 6.07) is 0. The molecule has 0 N–H and O–H groups in total. The van der Waals surface area contributed by atoms with Crippen LogP contribution in [0.3, 0.4) is 0 Å². The van der Waals surface area contributed by atoms with E-state index in [4.69, 9.17) is 9.47 Å². The molecule has 1 saturated carbocycles. The van der Waals surface area contributed by atoms with Crippen molar-refractivity contribution < 1.29 is 9.47 Å². The summed E-state index contributed by atoms with van der Waals surface area (Å²) in [5.74, 6) is 1.59. The van der Waals surface area contributed by atoms with Gasteiger partial charge in [0.15, 0.2) is 0 Å². The van der Waals surface area contributed by atoms with E-state index in [2.05, 4.69) is 33.8 Å². The maximum absolute atomic E-state index is 5.60. The summed E-state index contributed by atoms with van der Waals surface area (Å²) < 4.78 is 10.6. The van der Waals surface area contributed by atoms with Gasteiger partial charge in [-0.1, -0.05) is 32.4 Å². The Morgan fingerprint density at radius 3 is 2.75 bits per heavy atom. The second kappa shape index (κ2) is 6.19. The molecule has 4 atom stereocenters. The Hall–Kier alpha value is -0.340. The maximum Gasteiger partial charge on any atom is 0.146 e. The van der Waals surface area contributed by atoms with Crippen molar-refractivity contribution in [3.63, 3.8) is 0 Å². The van der Waals surface area contributed by atoms with E-state index in [-0.39, 0.29) is 0 Å². The van der Waals surface area contributed by atoms with Gasteiger partial charge in [0.1, 0.15) is 6.79 Å². The molecule has 0 heterocycles. The molecular formula is C18H32O2. The van der Waals surface area contributed by atoms with Crippen LogP contribution >= 0.6 is 0 Å². The van der Waals surface area contributed by atoms with E-state index in [0.717, 1.165) is 24.9 Å². The van der Waals surface area contributed by atoms with Gasteiger partial charge in [0.25, 0.3) is 0 Å². The first-order valence-electron chi connectivity index (χ1n) is 8.19. The van der Waals surface area contributed by atoms with Crippen LogP contribution in [0.4, 0.5) is 0 Å². The summed E-state index contributed by atoms with van der Waals surface area (Å²) in [7, 11) is 1.69. The predicted octanol–water partition coefficient (Wildman–Crippen LogP) is 4.80. The van der Waals surface area contributed by atoms with Gasteiger partial charge >= 0.3 is 0 Å². The van der Waals surface area contributed by atoms with E-state index in [9.17, 15) is 0 Å². The Bertz CT molecular complexity index is 362. The van der Waals surface area contributed by atoms with E-state index in [1.807, 2.05) is 0 Å². The first-order valence-corrected chi connectivity index (χ1v) is 8.19. The third-order valence-electron chi connectivity index (χ3n) is 6.58. The second-order valence-electron chi connectivity index (χ2n) is 7.44. The van der Waals surface area contributed by atoms with Gasteiger partial charge in [-0.2, -0.15) is 0 Å². The van der Waals surface area contributed by atoms with Crippen molar-refractivity contribution in [1.82, 2.24) is 0 Å². The van der Waals surface area contributed by atoms with Crippen LogP contribution in [0, 0.1) is 22.7 Å². The minimum absolute atomic E-state index is 0.399. The molecule has 0 aromatic carbocycles. The molecule has 0 aliphatic heterocycles. The highest BCUT2D eigenvalue weighted by atomic mass is 16.7. The molecule has 2 heteroatoms. The molecule has 2 nitrogen and oxygen atoms in total. The summed E-state index contributed by atoms with van der Waals surface area (Å²) in [6.45, 7) is 11.1. The first-order chi connectivity index (χ1) is 9.45. The van der Waals surface area contributed by atoms with Crippen LogP contribution in [0.1, 0.15) is 59.8 Å². The van der Waals surface area contributed by atoms with E-state index >= 15 is 0 Å². The Balaban J connectivity index is 2.14. The van der Waals surface area contributed by atoms with Crippen molar-refractivity contribution in [3.8, 4) is 0 Å². The summed E-state index contributed by atoms with van der Waals surface area (Å²) in [6.07, 6.45) is 8.94. The SMILES string of the molecule is COCOCC[C@]1(C)[C@@H](C)CC[C@@]2(C)C(C)=CCC[C@@H]12. The highest BCUT2D eigenvalue weighted by Gasteiger charge is 2.52. The minimum atomic E-state index is 0.399. The molecule has 0 aromatic heterocycles. The average Bonchev–Trinajstić information content (AvgIpc) is 2.42.